The number of aliphatic imine (C=N–C) groups is 1. The molecule has 0 aliphatic carbocycles. The Balaban J connectivity index is 1.42. The van der Waals surface area contributed by atoms with Gasteiger partial charge in [-0.1, -0.05) is 30.3 Å². The SMILES string of the molecule is CC(c1oc2cccc(F)c2c(=O)c1-c1cccc(F)c1)n1nc(-c2ccc(C3=NCCCO3)cc2)c2c(N)cncc21. The molecule has 1 unspecified atom stereocenters. The van der Waals surface area contributed by atoms with Gasteiger partial charge in [-0.25, -0.2) is 8.78 Å². The van der Waals surface area contributed by atoms with Gasteiger partial charge in [-0.3, -0.25) is 19.5 Å². The Bertz CT molecular complexity index is 2120. The molecule has 0 spiro atoms. The molecule has 2 N–H and O–H groups in total. The maximum absolute atomic E-state index is 14.9. The van der Waals surface area contributed by atoms with E-state index in [1.807, 2.05) is 24.3 Å². The van der Waals surface area contributed by atoms with Gasteiger partial charge in [-0.2, -0.15) is 5.10 Å². The van der Waals surface area contributed by atoms with Crippen LogP contribution >= 0.6 is 0 Å². The van der Waals surface area contributed by atoms with Crippen LogP contribution in [0.15, 0.2) is 93.3 Å². The van der Waals surface area contributed by atoms with Gasteiger partial charge in [-0.05, 0) is 48.9 Å². The summed E-state index contributed by atoms with van der Waals surface area (Å²) >= 11 is 0. The van der Waals surface area contributed by atoms with Crippen LogP contribution < -0.4 is 11.2 Å². The molecule has 1 aliphatic heterocycles. The molecule has 0 bridgehead atoms. The second-order valence-corrected chi connectivity index (χ2v) is 10.4. The molecule has 3 aromatic carbocycles. The van der Waals surface area contributed by atoms with Crippen LogP contribution in [0.1, 0.15) is 30.7 Å². The smallest absolute Gasteiger partial charge is 0.216 e. The van der Waals surface area contributed by atoms with E-state index in [-0.39, 0.29) is 27.9 Å². The zero-order chi connectivity index (χ0) is 29.7. The molecular formula is C33H25F2N5O3. The predicted molar refractivity (Wildman–Crippen MR) is 161 cm³/mol. The first kappa shape index (κ1) is 26.5. The fraction of sp³-hybridized carbons (Fsp3) is 0.152. The summed E-state index contributed by atoms with van der Waals surface area (Å²) in [4.78, 5) is 22.6. The van der Waals surface area contributed by atoms with Crippen LogP contribution in [0.4, 0.5) is 14.5 Å². The summed E-state index contributed by atoms with van der Waals surface area (Å²) in [7, 11) is 0. The number of fused-ring (bicyclic) bond motifs is 2. The number of nitrogens with zero attached hydrogens (tertiary/aromatic N) is 4. The van der Waals surface area contributed by atoms with Crippen LogP contribution in [0.3, 0.4) is 0 Å². The summed E-state index contributed by atoms with van der Waals surface area (Å²) in [6.07, 6.45) is 4.08. The van der Waals surface area contributed by atoms with Crippen LogP contribution in [-0.2, 0) is 4.74 Å². The van der Waals surface area contributed by atoms with Gasteiger partial charge < -0.3 is 14.9 Å². The quantitative estimate of drug-likeness (QED) is 0.250. The molecule has 10 heteroatoms. The number of hydrogen-bond acceptors (Lipinski definition) is 7. The first-order valence-corrected chi connectivity index (χ1v) is 13.8. The zero-order valence-electron chi connectivity index (χ0n) is 23.1. The number of nitrogen functional groups attached to an aromatic ring is 1. The number of anilines is 1. The maximum Gasteiger partial charge on any atom is 0.216 e. The molecule has 0 saturated carbocycles. The van der Waals surface area contributed by atoms with E-state index in [2.05, 4.69) is 9.98 Å². The van der Waals surface area contributed by atoms with Crippen LogP contribution in [0.25, 0.3) is 44.3 Å². The van der Waals surface area contributed by atoms with E-state index in [9.17, 15) is 13.6 Å². The Kier molecular flexibility index (Phi) is 6.46. The molecule has 0 amide bonds. The van der Waals surface area contributed by atoms with Crippen molar-refractivity contribution in [3.05, 3.63) is 112 Å². The van der Waals surface area contributed by atoms with Gasteiger partial charge >= 0.3 is 0 Å². The molecule has 7 rings (SSSR count). The highest BCUT2D eigenvalue weighted by molar-refractivity contribution is 6.02. The monoisotopic (exact) mass is 577 g/mol. The number of aromatic nitrogens is 3. The van der Waals surface area contributed by atoms with E-state index < -0.39 is 23.1 Å². The van der Waals surface area contributed by atoms with Gasteiger partial charge in [0.15, 0.2) is 0 Å². The number of benzene rings is 3. The average Bonchev–Trinajstić information content (AvgIpc) is 3.42. The van der Waals surface area contributed by atoms with E-state index in [1.165, 1.54) is 36.4 Å². The summed E-state index contributed by atoms with van der Waals surface area (Å²) in [6.45, 7) is 3.15. The Labute approximate surface area is 244 Å². The normalized spacial score (nSPS) is 14.1. The van der Waals surface area contributed by atoms with Gasteiger partial charge in [0.1, 0.15) is 40.1 Å². The van der Waals surface area contributed by atoms with E-state index >= 15 is 0 Å². The highest BCUT2D eigenvalue weighted by atomic mass is 19.1. The van der Waals surface area contributed by atoms with Crippen LogP contribution in [0, 0.1) is 11.6 Å². The van der Waals surface area contributed by atoms with Gasteiger partial charge in [-0.15, -0.1) is 0 Å². The fourth-order valence-electron chi connectivity index (χ4n) is 5.55. The molecule has 43 heavy (non-hydrogen) atoms. The summed E-state index contributed by atoms with van der Waals surface area (Å²) in [5, 5.41) is 5.41. The van der Waals surface area contributed by atoms with Crippen molar-refractivity contribution < 1.29 is 17.9 Å². The van der Waals surface area contributed by atoms with Gasteiger partial charge in [0.25, 0.3) is 0 Å². The number of hydrogen-bond donors (Lipinski definition) is 1. The number of halogens is 2. The van der Waals surface area contributed by atoms with Crippen molar-refractivity contribution in [1.82, 2.24) is 14.8 Å². The highest BCUT2D eigenvalue weighted by Gasteiger charge is 2.27. The summed E-state index contributed by atoms with van der Waals surface area (Å²) in [6, 6.07) is 16.7. The average molecular weight is 578 g/mol. The molecular weight excluding hydrogens is 552 g/mol. The van der Waals surface area contributed by atoms with E-state index in [0.717, 1.165) is 24.1 Å². The second-order valence-electron chi connectivity index (χ2n) is 10.4. The lowest BCUT2D eigenvalue weighted by molar-refractivity contribution is 0.284. The molecule has 0 saturated heterocycles. The molecule has 0 radical (unpaired) electrons. The maximum atomic E-state index is 14.9. The van der Waals surface area contributed by atoms with Gasteiger partial charge in [0, 0.05) is 24.1 Å². The third-order valence-corrected chi connectivity index (χ3v) is 7.60. The third kappa shape index (κ3) is 4.51. The molecule has 214 valence electrons. The van der Waals surface area contributed by atoms with Crippen molar-refractivity contribution in [1.29, 1.82) is 0 Å². The standard InChI is InChI=1S/C33H25F2N5O3/c1-18(32-27(21-5-2-6-22(34)15-21)31(41)28-23(35)7-3-8-26(28)43-32)40-25-17-37-16-24(36)29(25)30(39-40)19-9-11-20(12-10-19)33-38-13-4-14-42-33/h2-3,5-12,15-18H,4,13-14,36H2,1H3. The minimum atomic E-state index is -0.722. The number of ether oxygens (including phenoxy) is 1. The molecule has 8 nitrogen and oxygen atoms in total. The Hall–Kier alpha value is -5.38. The van der Waals surface area contributed by atoms with Crippen LogP contribution in [0.2, 0.25) is 0 Å². The van der Waals surface area contributed by atoms with Crippen molar-refractivity contribution in [3.8, 4) is 22.4 Å². The highest BCUT2D eigenvalue weighted by Crippen LogP contribution is 2.37. The third-order valence-electron chi connectivity index (χ3n) is 7.60. The Morgan fingerprint density at radius 2 is 1.74 bits per heavy atom. The van der Waals surface area contributed by atoms with Crippen LogP contribution in [0.5, 0.6) is 0 Å². The van der Waals surface area contributed by atoms with Crippen molar-refractivity contribution in [3.63, 3.8) is 0 Å². The predicted octanol–water partition coefficient (Wildman–Crippen LogP) is 6.51. The van der Waals surface area contributed by atoms with Crippen LogP contribution in [-0.4, -0.2) is 33.8 Å². The fourth-order valence-corrected chi connectivity index (χ4v) is 5.55. The second kappa shape index (κ2) is 10.5. The lowest BCUT2D eigenvalue weighted by Crippen LogP contribution is -2.16. The van der Waals surface area contributed by atoms with Crippen molar-refractivity contribution >= 4 is 33.5 Å². The minimum Gasteiger partial charge on any atom is -0.477 e. The Morgan fingerprint density at radius 3 is 2.51 bits per heavy atom. The largest absolute Gasteiger partial charge is 0.477 e. The topological polar surface area (TPSA) is 109 Å². The zero-order valence-corrected chi connectivity index (χ0v) is 23.1. The van der Waals surface area contributed by atoms with Crippen molar-refractivity contribution in [2.24, 2.45) is 4.99 Å². The molecule has 1 aliphatic rings. The van der Waals surface area contributed by atoms with E-state index in [1.54, 1.807) is 30.1 Å². The number of rotatable bonds is 5. The van der Waals surface area contributed by atoms with E-state index in [4.69, 9.17) is 20.0 Å². The number of pyridine rings is 1. The summed E-state index contributed by atoms with van der Waals surface area (Å²) in [5.74, 6) is -0.464. The molecule has 4 heterocycles. The van der Waals surface area contributed by atoms with Gasteiger partial charge in [0.2, 0.25) is 11.3 Å². The summed E-state index contributed by atoms with van der Waals surface area (Å²) < 4.78 is 42.9. The van der Waals surface area contributed by atoms with Crippen molar-refractivity contribution in [2.75, 3.05) is 18.9 Å². The molecule has 3 aromatic heterocycles. The first-order chi connectivity index (χ1) is 20.9. The molecule has 1 atom stereocenters. The lowest BCUT2D eigenvalue weighted by atomic mass is 9.99. The molecule has 6 aromatic rings. The lowest BCUT2D eigenvalue weighted by Gasteiger charge is -2.18. The Morgan fingerprint density at radius 1 is 0.953 bits per heavy atom. The minimum absolute atomic E-state index is 0.0456. The number of nitrogens with two attached hydrogens (primary N) is 1. The van der Waals surface area contributed by atoms with Gasteiger partial charge in [0.05, 0.1) is 41.2 Å². The first-order valence-electron chi connectivity index (χ1n) is 13.8. The molecule has 0 fully saturated rings. The summed E-state index contributed by atoms with van der Waals surface area (Å²) in [5.41, 5.74) is 9.48. The van der Waals surface area contributed by atoms with Crippen molar-refractivity contribution in [2.45, 2.75) is 19.4 Å². The van der Waals surface area contributed by atoms with E-state index in [0.29, 0.717) is 34.8 Å².